The Bertz CT molecular complexity index is 830. The number of ether oxygens (including phenoxy) is 1. The highest BCUT2D eigenvalue weighted by atomic mass is 16.5. The molecule has 2 aromatic rings. The van der Waals surface area contributed by atoms with Crippen LogP contribution in [0.25, 0.3) is 6.08 Å². The van der Waals surface area contributed by atoms with Crippen LogP contribution in [0, 0.1) is 18.3 Å². The van der Waals surface area contributed by atoms with E-state index >= 15 is 0 Å². The molecule has 0 saturated carbocycles. The zero-order valence-electron chi connectivity index (χ0n) is 13.4. The second kappa shape index (κ2) is 7.75. The van der Waals surface area contributed by atoms with E-state index in [9.17, 15) is 14.9 Å². The molecule has 24 heavy (non-hydrogen) atoms. The van der Waals surface area contributed by atoms with Gasteiger partial charge in [-0.05, 0) is 42.8 Å². The third-order valence-electron chi connectivity index (χ3n) is 3.11. The zero-order chi connectivity index (χ0) is 17.5. The van der Waals surface area contributed by atoms with E-state index < -0.39 is 11.9 Å². The molecular weight excluding hydrogens is 304 g/mol. The highest BCUT2D eigenvalue weighted by Gasteiger charge is 2.10. The van der Waals surface area contributed by atoms with Gasteiger partial charge in [-0.3, -0.25) is 9.59 Å². The van der Waals surface area contributed by atoms with Crippen molar-refractivity contribution in [1.82, 2.24) is 0 Å². The number of amides is 1. The molecule has 5 nitrogen and oxygen atoms in total. The van der Waals surface area contributed by atoms with E-state index in [1.165, 1.54) is 13.0 Å². The van der Waals surface area contributed by atoms with Gasteiger partial charge < -0.3 is 10.1 Å². The van der Waals surface area contributed by atoms with E-state index in [0.717, 1.165) is 5.56 Å². The summed E-state index contributed by atoms with van der Waals surface area (Å²) in [6, 6.07) is 15.7. The number of anilines is 1. The van der Waals surface area contributed by atoms with Crippen molar-refractivity contribution in [3.63, 3.8) is 0 Å². The highest BCUT2D eigenvalue weighted by molar-refractivity contribution is 6.09. The fourth-order valence-electron chi connectivity index (χ4n) is 1.98. The van der Waals surface area contributed by atoms with Crippen LogP contribution in [0.15, 0.2) is 54.1 Å². The lowest BCUT2D eigenvalue weighted by atomic mass is 10.1. The number of nitrogens with one attached hydrogen (secondary N) is 1. The third kappa shape index (κ3) is 4.82. The van der Waals surface area contributed by atoms with Crippen molar-refractivity contribution in [2.24, 2.45) is 0 Å². The first kappa shape index (κ1) is 17.0. The van der Waals surface area contributed by atoms with E-state index in [4.69, 9.17) is 4.74 Å². The maximum atomic E-state index is 12.2. The minimum absolute atomic E-state index is 0.0458. The molecule has 0 aliphatic rings. The highest BCUT2D eigenvalue weighted by Crippen LogP contribution is 2.17. The maximum absolute atomic E-state index is 12.2. The monoisotopic (exact) mass is 320 g/mol. The smallest absolute Gasteiger partial charge is 0.308 e. The number of hydrogen-bond donors (Lipinski definition) is 1. The van der Waals surface area contributed by atoms with Crippen molar-refractivity contribution >= 4 is 23.6 Å². The number of nitriles is 1. The van der Waals surface area contributed by atoms with Crippen LogP contribution in [0.2, 0.25) is 0 Å². The molecule has 0 bridgehead atoms. The molecule has 0 spiro atoms. The van der Waals surface area contributed by atoms with Crippen LogP contribution >= 0.6 is 0 Å². The average molecular weight is 320 g/mol. The summed E-state index contributed by atoms with van der Waals surface area (Å²) in [7, 11) is 0. The quantitative estimate of drug-likeness (QED) is 0.405. The summed E-state index contributed by atoms with van der Waals surface area (Å²) in [6.07, 6.45) is 1.44. The first-order valence-electron chi connectivity index (χ1n) is 7.26. The topological polar surface area (TPSA) is 79.2 Å². The summed E-state index contributed by atoms with van der Waals surface area (Å²) in [6.45, 7) is 3.25. The van der Waals surface area contributed by atoms with Gasteiger partial charge in [-0.2, -0.15) is 5.26 Å². The summed E-state index contributed by atoms with van der Waals surface area (Å²) < 4.78 is 4.99. The summed E-state index contributed by atoms with van der Waals surface area (Å²) in [5.41, 5.74) is 2.23. The molecule has 0 atom stereocenters. The lowest BCUT2D eigenvalue weighted by Crippen LogP contribution is -2.13. The van der Waals surface area contributed by atoms with Crippen molar-refractivity contribution in [3.8, 4) is 11.8 Å². The predicted octanol–water partition coefficient (Wildman–Crippen LogP) is 3.47. The lowest BCUT2D eigenvalue weighted by molar-refractivity contribution is -0.131. The Labute approximate surface area is 140 Å². The zero-order valence-corrected chi connectivity index (χ0v) is 13.4. The summed E-state index contributed by atoms with van der Waals surface area (Å²) >= 11 is 0. The lowest BCUT2D eigenvalue weighted by Gasteiger charge is -2.05. The molecule has 0 unspecified atom stereocenters. The minimum Gasteiger partial charge on any atom is -0.427 e. The second-order valence-corrected chi connectivity index (χ2v) is 5.16. The van der Waals surface area contributed by atoms with Gasteiger partial charge in [0.25, 0.3) is 5.91 Å². The van der Waals surface area contributed by atoms with Crippen molar-refractivity contribution in [2.75, 3.05) is 5.32 Å². The van der Waals surface area contributed by atoms with Crippen LogP contribution in [0.5, 0.6) is 5.75 Å². The molecule has 5 heteroatoms. The van der Waals surface area contributed by atoms with Crippen molar-refractivity contribution in [3.05, 3.63) is 65.2 Å². The van der Waals surface area contributed by atoms with Gasteiger partial charge in [0.05, 0.1) is 0 Å². The third-order valence-corrected chi connectivity index (χ3v) is 3.11. The minimum atomic E-state index is -0.501. The molecule has 0 aliphatic carbocycles. The molecule has 0 radical (unpaired) electrons. The molecular formula is C19H16N2O3. The average Bonchev–Trinajstić information content (AvgIpc) is 2.54. The Morgan fingerprint density at radius 3 is 2.50 bits per heavy atom. The Morgan fingerprint density at radius 1 is 1.17 bits per heavy atom. The number of carbonyl (C=O) groups is 2. The fraction of sp³-hybridized carbons (Fsp3) is 0.105. The van der Waals surface area contributed by atoms with Crippen LogP contribution in [0.4, 0.5) is 5.69 Å². The van der Waals surface area contributed by atoms with Crippen molar-refractivity contribution in [2.45, 2.75) is 13.8 Å². The Balaban J connectivity index is 2.19. The van der Waals surface area contributed by atoms with Gasteiger partial charge in [-0.15, -0.1) is 0 Å². The number of esters is 1. The van der Waals surface area contributed by atoms with Gasteiger partial charge in [0, 0.05) is 12.6 Å². The number of benzene rings is 2. The van der Waals surface area contributed by atoms with Gasteiger partial charge in [-0.1, -0.05) is 29.8 Å². The SMILES string of the molecule is CC(=O)Oc1cccc(/C=C(/C#N)C(=O)Nc2ccc(C)cc2)c1. The second-order valence-electron chi connectivity index (χ2n) is 5.16. The molecule has 0 fully saturated rings. The molecule has 0 saturated heterocycles. The number of hydrogen-bond acceptors (Lipinski definition) is 4. The molecule has 2 rings (SSSR count). The van der Waals surface area contributed by atoms with Gasteiger partial charge in [0.15, 0.2) is 0 Å². The van der Waals surface area contributed by atoms with Gasteiger partial charge in [0.2, 0.25) is 0 Å². The maximum Gasteiger partial charge on any atom is 0.308 e. The number of carbonyl (C=O) groups excluding carboxylic acids is 2. The standard InChI is InChI=1S/C19H16N2O3/c1-13-6-8-17(9-7-13)21-19(23)16(12-20)10-15-4-3-5-18(11-15)24-14(2)22/h3-11H,1-2H3,(H,21,23)/b16-10-. The Kier molecular flexibility index (Phi) is 5.48. The van der Waals surface area contributed by atoms with Gasteiger partial charge >= 0.3 is 5.97 Å². The molecule has 1 N–H and O–H groups in total. The molecule has 0 heterocycles. The van der Waals surface area contributed by atoms with E-state index in [0.29, 0.717) is 17.0 Å². The van der Waals surface area contributed by atoms with Crippen LogP contribution in [-0.2, 0) is 9.59 Å². The van der Waals surface area contributed by atoms with Gasteiger partial charge in [0.1, 0.15) is 17.4 Å². The van der Waals surface area contributed by atoms with E-state index in [1.54, 1.807) is 36.4 Å². The predicted molar refractivity (Wildman–Crippen MR) is 91.1 cm³/mol. The van der Waals surface area contributed by atoms with Crippen LogP contribution in [-0.4, -0.2) is 11.9 Å². The molecule has 2 aromatic carbocycles. The Morgan fingerprint density at radius 2 is 1.88 bits per heavy atom. The van der Waals surface area contributed by atoms with Crippen molar-refractivity contribution in [1.29, 1.82) is 5.26 Å². The molecule has 120 valence electrons. The van der Waals surface area contributed by atoms with Gasteiger partial charge in [-0.25, -0.2) is 0 Å². The first-order chi connectivity index (χ1) is 11.5. The normalized spacial score (nSPS) is 10.6. The van der Waals surface area contributed by atoms with E-state index in [2.05, 4.69) is 5.32 Å². The summed E-state index contributed by atoms with van der Waals surface area (Å²) in [5, 5.41) is 11.9. The van der Waals surface area contributed by atoms with Crippen LogP contribution in [0.1, 0.15) is 18.1 Å². The van der Waals surface area contributed by atoms with E-state index in [-0.39, 0.29) is 5.57 Å². The molecule has 1 amide bonds. The molecule has 0 aliphatic heterocycles. The Hall–Kier alpha value is -3.39. The number of nitrogens with zero attached hydrogens (tertiary/aromatic N) is 1. The first-order valence-corrected chi connectivity index (χ1v) is 7.26. The summed E-state index contributed by atoms with van der Waals surface area (Å²) in [5.74, 6) is -0.583. The number of aryl methyl sites for hydroxylation is 1. The van der Waals surface area contributed by atoms with Crippen LogP contribution in [0.3, 0.4) is 0 Å². The fourth-order valence-corrected chi connectivity index (χ4v) is 1.98. The van der Waals surface area contributed by atoms with E-state index in [1.807, 2.05) is 25.1 Å². The number of rotatable bonds is 4. The summed E-state index contributed by atoms with van der Waals surface area (Å²) in [4.78, 5) is 23.2. The van der Waals surface area contributed by atoms with Crippen molar-refractivity contribution < 1.29 is 14.3 Å². The molecule has 0 aromatic heterocycles. The van der Waals surface area contributed by atoms with Crippen LogP contribution < -0.4 is 10.1 Å². The largest absolute Gasteiger partial charge is 0.427 e.